The Morgan fingerprint density at radius 2 is 0.918 bits per heavy atom. The second-order valence-electron chi connectivity index (χ2n) is 12.7. The first-order valence-corrected chi connectivity index (χ1v) is 20.7. The SMILES string of the molecule is C.CC1(C)c2cc(I)ccc2-c2ccc(-c3ccc(Cl)s3)cc21.CC1(C)c2cc(I)ccc2-c2ccc(I)cc21.OB(O)c1ccc(Cl)s1. The molecule has 2 aromatic heterocycles. The van der Waals surface area contributed by atoms with Crippen molar-refractivity contribution in [1.29, 1.82) is 0 Å². The van der Waals surface area contributed by atoms with Gasteiger partial charge in [-0.25, -0.2) is 0 Å². The predicted octanol–water partition coefficient (Wildman–Crippen LogP) is 12.9. The lowest BCUT2D eigenvalue weighted by Crippen LogP contribution is -2.26. The summed E-state index contributed by atoms with van der Waals surface area (Å²) in [6, 6.07) is 34.4. The molecule has 0 unspecified atom stereocenters. The van der Waals surface area contributed by atoms with Crippen LogP contribution in [0, 0.1) is 10.7 Å². The van der Waals surface area contributed by atoms with Crippen molar-refractivity contribution >= 4 is 126 Å². The molecule has 252 valence electrons. The van der Waals surface area contributed by atoms with Crippen molar-refractivity contribution in [1.82, 2.24) is 0 Å². The molecule has 2 heterocycles. The van der Waals surface area contributed by atoms with Gasteiger partial charge >= 0.3 is 7.12 Å². The number of thiophene rings is 2. The average Bonchev–Trinajstić information content (AvgIpc) is 3.78. The first-order valence-electron chi connectivity index (χ1n) is 15.1. The summed E-state index contributed by atoms with van der Waals surface area (Å²) in [5.74, 6) is 0. The minimum absolute atomic E-state index is 0. The van der Waals surface area contributed by atoms with Gasteiger partial charge in [-0.2, -0.15) is 0 Å². The predicted molar refractivity (Wildman–Crippen MR) is 240 cm³/mol. The van der Waals surface area contributed by atoms with Crippen LogP contribution in [0.5, 0.6) is 0 Å². The highest BCUT2D eigenvalue weighted by Gasteiger charge is 2.36. The van der Waals surface area contributed by atoms with Crippen LogP contribution in [-0.2, 0) is 10.8 Å². The molecule has 49 heavy (non-hydrogen) atoms. The van der Waals surface area contributed by atoms with E-state index in [9.17, 15) is 0 Å². The lowest BCUT2D eigenvalue weighted by molar-refractivity contribution is 0.427. The molecule has 0 radical (unpaired) electrons. The van der Waals surface area contributed by atoms with E-state index in [0.29, 0.717) is 9.11 Å². The fourth-order valence-electron chi connectivity index (χ4n) is 6.48. The highest BCUT2D eigenvalue weighted by atomic mass is 127. The van der Waals surface area contributed by atoms with E-state index in [-0.39, 0.29) is 18.3 Å². The summed E-state index contributed by atoms with van der Waals surface area (Å²) in [4.78, 5) is 1.23. The minimum atomic E-state index is -1.39. The van der Waals surface area contributed by atoms with Crippen LogP contribution in [0.25, 0.3) is 32.7 Å². The zero-order valence-electron chi connectivity index (χ0n) is 26.4. The average molecular weight is 1060 g/mol. The molecule has 2 aliphatic carbocycles. The number of hydrogen-bond acceptors (Lipinski definition) is 4. The van der Waals surface area contributed by atoms with Crippen molar-refractivity contribution in [2.24, 2.45) is 0 Å². The Kier molecular flexibility index (Phi) is 12.5. The quantitative estimate of drug-likeness (QED) is 0.134. The maximum Gasteiger partial charge on any atom is 0.499 e. The molecule has 2 nitrogen and oxygen atoms in total. The van der Waals surface area contributed by atoms with Crippen LogP contribution in [0.2, 0.25) is 8.67 Å². The summed E-state index contributed by atoms with van der Waals surface area (Å²) in [6.45, 7) is 9.28. The summed E-state index contributed by atoms with van der Waals surface area (Å²) >= 11 is 21.6. The van der Waals surface area contributed by atoms with Crippen LogP contribution < -0.4 is 4.78 Å². The van der Waals surface area contributed by atoms with E-state index in [1.54, 1.807) is 23.5 Å². The van der Waals surface area contributed by atoms with Crippen LogP contribution in [0.15, 0.2) is 97.1 Å². The molecule has 2 aliphatic rings. The number of rotatable bonds is 2. The van der Waals surface area contributed by atoms with Crippen LogP contribution in [0.1, 0.15) is 57.4 Å². The third-order valence-electron chi connectivity index (χ3n) is 8.94. The summed E-state index contributed by atoms with van der Waals surface area (Å²) in [5, 5.41) is 17.1. The highest BCUT2D eigenvalue weighted by Crippen LogP contribution is 2.51. The molecule has 0 spiro atoms. The van der Waals surface area contributed by atoms with Crippen molar-refractivity contribution < 1.29 is 10.0 Å². The number of benzene rings is 4. The summed E-state index contributed by atoms with van der Waals surface area (Å²) < 4.78 is 5.81. The summed E-state index contributed by atoms with van der Waals surface area (Å²) in [5.41, 5.74) is 12.7. The molecular formula is C39H34BCl2I3O2S2. The second-order valence-corrected chi connectivity index (χ2v) is 19.9. The molecular weight excluding hydrogens is 1030 g/mol. The molecule has 10 heteroatoms. The normalized spacial score (nSPS) is 13.8. The molecule has 0 atom stereocenters. The maximum absolute atomic E-state index is 8.54. The smallest absolute Gasteiger partial charge is 0.423 e. The maximum atomic E-state index is 8.54. The Hall–Kier alpha value is -0.965. The van der Waals surface area contributed by atoms with E-state index in [1.807, 2.05) is 6.07 Å². The first-order chi connectivity index (χ1) is 22.7. The van der Waals surface area contributed by atoms with E-state index >= 15 is 0 Å². The Bertz CT molecular complexity index is 2100. The molecule has 2 N–H and O–H groups in total. The highest BCUT2D eigenvalue weighted by molar-refractivity contribution is 14.1. The molecule has 0 fully saturated rings. The molecule has 0 saturated carbocycles. The van der Waals surface area contributed by atoms with Crippen LogP contribution in [0.3, 0.4) is 0 Å². The van der Waals surface area contributed by atoms with E-state index in [4.69, 9.17) is 33.2 Å². The van der Waals surface area contributed by atoms with E-state index < -0.39 is 7.12 Å². The molecule has 6 aromatic rings. The molecule has 0 amide bonds. The monoisotopic (exact) mass is 1060 g/mol. The van der Waals surface area contributed by atoms with Gasteiger partial charge in [0.1, 0.15) is 0 Å². The van der Waals surface area contributed by atoms with Gasteiger partial charge in [-0.1, -0.05) is 94.7 Å². The van der Waals surface area contributed by atoms with E-state index in [2.05, 4.69) is 174 Å². The van der Waals surface area contributed by atoms with Crippen LogP contribution in [-0.4, -0.2) is 17.2 Å². The lowest BCUT2D eigenvalue weighted by Gasteiger charge is -2.22. The first kappa shape index (κ1) is 39.2. The van der Waals surface area contributed by atoms with Crippen LogP contribution >= 0.6 is 114 Å². The summed E-state index contributed by atoms with van der Waals surface area (Å²) in [7, 11) is -1.39. The Morgan fingerprint density at radius 3 is 1.27 bits per heavy atom. The molecule has 4 aromatic carbocycles. The Labute approximate surface area is 348 Å². The molecule has 0 saturated heterocycles. The van der Waals surface area contributed by atoms with Gasteiger partial charge in [0, 0.05) is 31.2 Å². The van der Waals surface area contributed by atoms with Gasteiger partial charge in [-0.15, -0.1) is 22.7 Å². The van der Waals surface area contributed by atoms with Crippen molar-refractivity contribution in [3.8, 4) is 32.7 Å². The number of halogens is 5. The van der Waals surface area contributed by atoms with Gasteiger partial charge in [-0.3, -0.25) is 0 Å². The fourth-order valence-corrected chi connectivity index (χ4v) is 9.93. The minimum Gasteiger partial charge on any atom is -0.423 e. The zero-order valence-corrected chi connectivity index (χ0v) is 36.0. The van der Waals surface area contributed by atoms with Crippen LogP contribution in [0.4, 0.5) is 0 Å². The third-order valence-corrected chi connectivity index (χ3v) is 13.5. The van der Waals surface area contributed by atoms with E-state index in [1.165, 1.54) is 65.7 Å². The van der Waals surface area contributed by atoms with Gasteiger partial charge in [0.15, 0.2) is 0 Å². The number of fused-ring (bicyclic) bond motifs is 6. The number of hydrogen-bond donors (Lipinski definition) is 2. The standard InChI is InChI=1S/C19H14ClIS.C15H12I2.C4H4BClO2S.CH4/c1-19(2)15-9-11(17-7-8-18(20)22-17)3-5-13(15)14-6-4-12(21)10-16(14)19;1-15(2)13-7-9(16)3-5-11(13)12-6-4-10(17)8-14(12)15;6-4-2-1-3(9-4)5(7)8;/h3-10H,1-2H3;3-8H,1-2H3;1-2,7-8H;1H4. The Morgan fingerprint density at radius 1 is 0.531 bits per heavy atom. The van der Waals surface area contributed by atoms with Crippen molar-refractivity contribution in [2.45, 2.75) is 46.0 Å². The fraction of sp³-hybridized carbons (Fsp3) is 0.179. The van der Waals surface area contributed by atoms with E-state index in [0.717, 1.165) is 15.7 Å². The molecule has 0 aliphatic heterocycles. The Balaban J connectivity index is 0.000000154. The largest absolute Gasteiger partial charge is 0.499 e. The molecule has 8 rings (SSSR count). The van der Waals surface area contributed by atoms with Gasteiger partial charge in [-0.05, 0) is 179 Å². The van der Waals surface area contributed by atoms with Gasteiger partial charge in [0.25, 0.3) is 0 Å². The van der Waals surface area contributed by atoms with Crippen molar-refractivity contribution in [3.05, 3.63) is 139 Å². The lowest BCUT2D eigenvalue weighted by atomic mass is 9.82. The second kappa shape index (κ2) is 15.6. The van der Waals surface area contributed by atoms with Gasteiger partial charge in [0.2, 0.25) is 0 Å². The third kappa shape index (κ3) is 8.02. The topological polar surface area (TPSA) is 40.5 Å². The zero-order chi connectivity index (χ0) is 34.5. The summed E-state index contributed by atoms with van der Waals surface area (Å²) in [6.07, 6.45) is 0. The van der Waals surface area contributed by atoms with Crippen molar-refractivity contribution in [2.75, 3.05) is 0 Å². The van der Waals surface area contributed by atoms with Gasteiger partial charge < -0.3 is 10.0 Å². The van der Waals surface area contributed by atoms with Gasteiger partial charge in [0.05, 0.1) is 8.67 Å². The molecule has 0 bridgehead atoms. The van der Waals surface area contributed by atoms with Crippen molar-refractivity contribution in [3.63, 3.8) is 0 Å².